The number of rotatable bonds is 10. The molecular formula is C33H39N5O2. The van der Waals surface area contributed by atoms with Gasteiger partial charge in [-0.15, -0.1) is 0 Å². The van der Waals surface area contributed by atoms with E-state index in [0.29, 0.717) is 13.0 Å². The Morgan fingerprint density at radius 2 is 1.55 bits per heavy atom. The Kier molecular flexibility index (Phi) is 8.81. The Balaban J connectivity index is 1.26. The third kappa shape index (κ3) is 6.54. The van der Waals surface area contributed by atoms with E-state index in [0.717, 1.165) is 54.6 Å². The summed E-state index contributed by atoms with van der Waals surface area (Å²) in [5.41, 5.74) is 5.62. The molecule has 2 heterocycles. The first-order valence-electron chi connectivity index (χ1n) is 14.2. The van der Waals surface area contributed by atoms with Gasteiger partial charge in [-0.05, 0) is 41.3 Å². The molecule has 1 saturated heterocycles. The second kappa shape index (κ2) is 12.8. The summed E-state index contributed by atoms with van der Waals surface area (Å²) >= 11 is 0. The molecule has 208 valence electrons. The summed E-state index contributed by atoms with van der Waals surface area (Å²) in [6.45, 7) is 6.25. The topological polar surface area (TPSA) is 71.7 Å². The molecule has 40 heavy (non-hydrogen) atoms. The van der Waals surface area contributed by atoms with Crippen LogP contribution in [0.5, 0.6) is 0 Å². The number of carbonyl (C=O) groups is 2. The number of carbonyl (C=O) groups excluding carboxylic acids is 2. The maximum atomic E-state index is 13.8. The van der Waals surface area contributed by atoms with Gasteiger partial charge in [-0.3, -0.25) is 14.5 Å². The number of H-pyrrole nitrogens is 1. The number of piperazine rings is 1. The first-order valence-corrected chi connectivity index (χ1v) is 14.2. The van der Waals surface area contributed by atoms with E-state index >= 15 is 0 Å². The van der Waals surface area contributed by atoms with Crippen LogP contribution < -0.4 is 10.2 Å². The van der Waals surface area contributed by atoms with E-state index in [9.17, 15) is 9.59 Å². The molecule has 4 aromatic rings. The number of anilines is 1. The normalized spacial score (nSPS) is 14.7. The van der Waals surface area contributed by atoms with Crippen molar-refractivity contribution in [3.8, 4) is 0 Å². The molecule has 0 bridgehead atoms. The Morgan fingerprint density at radius 1 is 0.875 bits per heavy atom. The molecule has 1 atom stereocenters. The summed E-state index contributed by atoms with van der Waals surface area (Å²) in [4.78, 5) is 36.7. The van der Waals surface area contributed by atoms with Gasteiger partial charge in [-0.2, -0.15) is 0 Å². The smallest absolute Gasteiger partial charge is 0.245 e. The van der Waals surface area contributed by atoms with Crippen molar-refractivity contribution >= 4 is 28.4 Å². The minimum Gasteiger partial charge on any atom is -0.369 e. The summed E-state index contributed by atoms with van der Waals surface area (Å²) in [5.74, 6) is -0.202. The van der Waals surface area contributed by atoms with Crippen LogP contribution in [0.4, 0.5) is 5.69 Å². The number of aromatic amines is 1. The number of hydrogen-bond donors (Lipinski definition) is 2. The van der Waals surface area contributed by atoms with E-state index in [4.69, 9.17) is 0 Å². The van der Waals surface area contributed by atoms with Gasteiger partial charge in [-0.1, -0.05) is 67.6 Å². The number of hydrogen-bond acceptors (Lipinski definition) is 4. The Morgan fingerprint density at radius 3 is 2.30 bits per heavy atom. The molecule has 7 heteroatoms. The lowest BCUT2D eigenvalue weighted by Crippen LogP contribution is -2.53. The zero-order chi connectivity index (χ0) is 27.9. The quantitative estimate of drug-likeness (QED) is 0.318. The minimum absolute atomic E-state index is 0.0848. The predicted molar refractivity (Wildman–Crippen MR) is 161 cm³/mol. The molecule has 1 aliphatic rings. The van der Waals surface area contributed by atoms with Crippen molar-refractivity contribution in [1.82, 2.24) is 20.1 Å². The second-order valence-corrected chi connectivity index (χ2v) is 10.6. The Hall–Kier alpha value is -4.10. The van der Waals surface area contributed by atoms with Crippen LogP contribution in [0, 0.1) is 0 Å². The van der Waals surface area contributed by atoms with E-state index in [2.05, 4.69) is 69.5 Å². The average molecular weight is 538 g/mol. The average Bonchev–Trinajstić information content (AvgIpc) is 3.40. The predicted octanol–water partition coefficient (Wildman–Crippen LogP) is 4.24. The van der Waals surface area contributed by atoms with Gasteiger partial charge in [-0.25, -0.2) is 0 Å². The number of para-hydroxylation sites is 2. The van der Waals surface area contributed by atoms with Crippen LogP contribution >= 0.6 is 0 Å². The van der Waals surface area contributed by atoms with Crippen LogP contribution in [-0.2, 0) is 29.0 Å². The fourth-order valence-electron chi connectivity index (χ4n) is 5.62. The van der Waals surface area contributed by atoms with Gasteiger partial charge in [0, 0.05) is 69.0 Å². The number of amides is 2. The first-order chi connectivity index (χ1) is 19.5. The van der Waals surface area contributed by atoms with Crippen molar-refractivity contribution in [3.63, 3.8) is 0 Å². The van der Waals surface area contributed by atoms with Gasteiger partial charge in [0.15, 0.2) is 0 Å². The summed E-state index contributed by atoms with van der Waals surface area (Å²) in [6.07, 6.45) is 3.29. The highest BCUT2D eigenvalue weighted by atomic mass is 16.2. The third-order valence-corrected chi connectivity index (χ3v) is 7.88. The van der Waals surface area contributed by atoms with Crippen molar-refractivity contribution in [2.24, 2.45) is 0 Å². The van der Waals surface area contributed by atoms with Crippen LogP contribution in [0.3, 0.4) is 0 Å². The highest BCUT2D eigenvalue weighted by Gasteiger charge is 2.27. The minimum atomic E-state index is -0.656. The third-order valence-electron chi connectivity index (χ3n) is 7.88. The number of fused-ring (bicyclic) bond motifs is 1. The number of aromatic nitrogens is 1. The lowest BCUT2D eigenvalue weighted by atomic mass is 10.0. The standard InChI is InChI=1S/C33H39N5O2/c1-3-25-11-7-8-12-26(25)23-36(2)33(40)31(21-27-22-34-30-16-10-9-15-29(27)30)35-32(39)24-37-17-19-38(20-18-37)28-13-5-4-6-14-28/h4-16,22,31,34H,3,17-21,23-24H2,1-2H3,(H,35,39). The summed E-state index contributed by atoms with van der Waals surface area (Å²) in [5, 5.41) is 4.18. The number of nitrogens with zero attached hydrogens (tertiary/aromatic N) is 3. The number of benzene rings is 3. The molecule has 1 aromatic heterocycles. The monoisotopic (exact) mass is 537 g/mol. The fourth-order valence-corrected chi connectivity index (χ4v) is 5.62. The van der Waals surface area contributed by atoms with Crippen molar-refractivity contribution in [3.05, 3.63) is 102 Å². The molecule has 7 nitrogen and oxygen atoms in total. The molecule has 0 saturated carbocycles. The van der Waals surface area contributed by atoms with Crippen molar-refractivity contribution < 1.29 is 9.59 Å². The van der Waals surface area contributed by atoms with Gasteiger partial charge in [0.1, 0.15) is 6.04 Å². The lowest BCUT2D eigenvalue weighted by molar-refractivity contribution is -0.136. The number of likely N-dealkylation sites (N-methyl/N-ethyl adjacent to an activating group) is 1. The second-order valence-electron chi connectivity index (χ2n) is 10.6. The maximum absolute atomic E-state index is 13.8. The van der Waals surface area contributed by atoms with E-state index in [-0.39, 0.29) is 18.4 Å². The lowest BCUT2D eigenvalue weighted by Gasteiger charge is -2.36. The summed E-state index contributed by atoms with van der Waals surface area (Å²) in [6, 6.07) is 26.0. The molecule has 0 spiro atoms. The highest BCUT2D eigenvalue weighted by Crippen LogP contribution is 2.21. The van der Waals surface area contributed by atoms with Crippen molar-refractivity contribution in [2.45, 2.75) is 32.4 Å². The molecule has 1 fully saturated rings. The van der Waals surface area contributed by atoms with Crippen LogP contribution in [0.15, 0.2) is 85.1 Å². The molecule has 1 aliphatic heterocycles. The zero-order valence-electron chi connectivity index (χ0n) is 23.5. The van der Waals surface area contributed by atoms with Gasteiger partial charge in [0.05, 0.1) is 6.54 Å². The van der Waals surface area contributed by atoms with E-state index in [1.807, 2.05) is 49.6 Å². The van der Waals surface area contributed by atoms with Gasteiger partial charge >= 0.3 is 0 Å². The zero-order valence-corrected chi connectivity index (χ0v) is 23.5. The van der Waals surface area contributed by atoms with Crippen LogP contribution in [0.25, 0.3) is 10.9 Å². The van der Waals surface area contributed by atoms with Crippen LogP contribution in [0.2, 0.25) is 0 Å². The number of aryl methyl sites for hydroxylation is 1. The Labute approximate surface area is 236 Å². The van der Waals surface area contributed by atoms with Gasteiger partial charge < -0.3 is 20.1 Å². The fraction of sp³-hybridized carbons (Fsp3) is 0.333. The Bertz CT molecular complexity index is 1430. The van der Waals surface area contributed by atoms with Crippen LogP contribution in [-0.4, -0.2) is 72.4 Å². The molecule has 0 aliphatic carbocycles. The van der Waals surface area contributed by atoms with Crippen molar-refractivity contribution in [2.75, 3.05) is 44.7 Å². The first kappa shape index (κ1) is 27.5. The molecule has 5 rings (SSSR count). The molecule has 2 N–H and O–H groups in total. The molecule has 2 amide bonds. The van der Waals surface area contributed by atoms with Gasteiger partial charge in [0.25, 0.3) is 0 Å². The molecular weight excluding hydrogens is 498 g/mol. The molecule has 1 unspecified atom stereocenters. The van der Waals surface area contributed by atoms with E-state index < -0.39 is 6.04 Å². The molecule has 0 radical (unpaired) electrons. The summed E-state index contributed by atoms with van der Waals surface area (Å²) in [7, 11) is 1.83. The van der Waals surface area contributed by atoms with Gasteiger partial charge in [0.2, 0.25) is 11.8 Å². The summed E-state index contributed by atoms with van der Waals surface area (Å²) < 4.78 is 0. The van der Waals surface area contributed by atoms with E-state index in [1.165, 1.54) is 11.3 Å². The van der Waals surface area contributed by atoms with E-state index in [1.54, 1.807) is 4.90 Å². The van der Waals surface area contributed by atoms with Crippen LogP contribution in [0.1, 0.15) is 23.6 Å². The van der Waals surface area contributed by atoms with Crippen molar-refractivity contribution in [1.29, 1.82) is 0 Å². The SMILES string of the molecule is CCc1ccccc1CN(C)C(=O)C(Cc1c[nH]c2ccccc12)NC(=O)CN1CCN(c2ccccc2)CC1. The molecule has 3 aromatic carbocycles. The number of nitrogens with one attached hydrogen (secondary N) is 2. The largest absolute Gasteiger partial charge is 0.369 e. The maximum Gasteiger partial charge on any atom is 0.245 e. The highest BCUT2D eigenvalue weighted by molar-refractivity contribution is 5.90.